The minimum atomic E-state index is -2.72. The molecule has 2 saturated heterocycles. The summed E-state index contributed by atoms with van der Waals surface area (Å²) >= 11 is 0. The number of nitrogens with zero attached hydrogens (tertiary/aromatic N) is 1. The second kappa shape index (κ2) is 6.84. The van der Waals surface area contributed by atoms with E-state index in [4.69, 9.17) is 0 Å². The lowest BCUT2D eigenvalue weighted by molar-refractivity contribution is -0.133. The first-order chi connectivity index (χ1) is 8.52. The molecule has 2 aliphatic heterocycles. The van der Waals surface area contributed by atoms with Gasteiger partial charge < -0.3 is 4.90 Å². The lowest BCUT2D eigenvalue weighted by Gasteiger charge is -2.24. The van der Waals surface area contributed by atoms with E-state index in [-0.39, 0.29) is 31.3 Å². The molecule has 0 saturated carbocycles. The second-order valence-corrected chi connectivity index (χ2v) is 5.52. The molecule has 0 aromatic carbocycles. The average Bonchev–Trinajstić information content (AvgIpc) is 2.57. The zero-order valence-electron chi connectivity index (χ0n) is 11.3. The zero-order valence-corrected chi connectivity index (χ0v) is 12.1. The monoisotopic (exact) mass is 296 g/mol. The molecule has 2 rings (SSSR count). The summed E-state index contributed by atoms with van der Waals surface area (Å²) in [5.74, 6) is -2.18. The van der Waals surface area contributed by atoms with Gasteiger partial charge in [0.25, 0.3) is 5.92 Å². The fourth-order valence-electron chi connectivity index (χ4n) is 2.90. The Labute approximate surface area is 119 Å². The molecule has 0 bridgehead atoms. The molecule has 2 unspecified atom stereocenters. The van der Waals surface area contributed by atoms with Crippen LogP contribution in [0.3, 0.4) is 0 Å². The van der Waals surface area contributed by atoms with Gasteiger partial charge in [0.1, 0.15) is 0 Å². The fourth-order valence-corrected chi connectivity index (χ4v) is 2.90. The van der Waals surface area contributed by atoms with Crippen LogP contribution in [0.5, 0.6) is 0 Å². The molecule has 0 aromatic rings. The van der Waals surface area contributed by atoms with E-state index in [1.807, 2.05) is 0 Å². The number of hydrogen-bond donors (Lipinski definition) is 1. The summed E-state index contributed by atoms with van der Waals surface area (Å²) in [6.07, 6.45) is 3.94. The Balaban J connectivity index is 0.00000180. The quantitative estimate of drug-likeness (QED) is 0.849. The van der Waals surface area contributed by atoms with Crippen molar-refractivity contribution in [3.8, 4) is 0 Å². The average molecular weight is 297 g/mol. The van der Waals surface area contributed by atoms with Crippen molar-refractivity contribution in [2.24, 2.45) is 5.92 Å². The van der Waals surface area contributed by atoms with Crippen LogP contribution in [0.4, 0.5) is 8.78 Å². The Morgan fingerprint density at radius 2 is 2.11 bits per heavy atom. The van der Waals surface area contributed by atoms with Crippen molar-refractivity contribution in [2.45, 2.75) is 51.0 Å². The highest BCUT2D eigenvalue weighted by Gasteiger charge is 2.43. The second-order valence-electron chi connectivity index (χ2n) is 5.52. The molecule has 1 N–H and O–H groups in total. The van der Waals surface area contributed by atoms with Crippen LogP contribution >= 0.6 is 12.4 Å². The largest absolute Gasteiger partial charge is 0.341 e. The number of amides is 1. The predicted octanol–water partition coefficient (Wildman–Crippen LogP) is 2.44. The highest BCUT2D eigenvalue weighted by molar-refractivity contribution is 5.85. The Kier molecular flexibility index (Phi) is 5.99. The first-order valence-corrected chi connectivity index (χ1v) is 6.92. The van der Waals surface area contributed by atoms with Gasteiger partial charge in [0.15, 0.2) is 0 Å². The summed E-state index contributed by atoms with van der Waals surface area (Å²) in [6.45, 7) is 3.25. The van der Waals surface area contributed by atoms with Crippen molar-refractivity contribution in [3.05, 3.63) is 0 Å². The van der Waals surface area contributed by atoms with Crippen LogP contribution in [0.1, 0.15) is 39.0 Å². The molecule has 2 aliphatic rings. The molecule has 112 valence electrons. The maximum Gasteiger partial charge on any atom is 0.262 e. The van der Waals surface area contributed by atoms with Gasteiger partial charge >= 0.3 is 0 Å². The lowest BCUT2D eigenvalue weighted by atomic mass is 9.98. The van der Waals surface area contributed by atoms with Gasteiger partial charge in [-0.25, -0.2) is 8.78 Å². The fraction of sp³-hybridized carbons (Fsp3) is 0.923. The molecule has 1 amide bonds. The van der Waals surface area contributed by atoms with Crippen LogP contribution in [0.25, 0.3) is 0 Å². The van der Waals surface area contributed by atoms with Crippen LogP contribution in [0.2, 0.25) is 0 Å². The normalized spacial score (nSPS) is 30.6. The number of alkyl halides is 2. The molecule has 0 spiro atoms. The summed E-state index contributed by atoms with van der Waals surface area (Å²) < 4.78 is 26.2. The number of hydrogen-bond acceptors (Lipinski definition) is 2. The van der Waals surface area contributed by atoms with E-state index >= 15 is 0 Å². The van der Waals surface area contributed by atoms with Gasteiger partial charge in [-0.1, -0.05) is 13.3 Å². The van der Waals surface area contributed by atoms with Crippen molar-refractivity contribution < 1.29 is 13.6 Å². The number of carbonyl (C=O) groups excluding carboxylic acids is 1. The van der Waals surface area contributed by atoms with Crippen LogP contribution in [-0.4, -0.2) is 42.4 Å². The van der Waals surface area contributed by atoms with Crippen LogP contribution < -0.4 is 5.32 Å². The van der Waals surface area contributed by atoms with E-state index in [9.17, 15) is 13.6 Å². The molecular formula is C13H23ClF2N2O. The van der Waals surface area contributed by atoms with E-state index in [0.29, 0.717) is 5.92 Å². The zero-order chi connectivity index (χ0) is 13.2. The summed E-state index contributed by atoms with van der Waals surface area (Å²) in [7, 11) is 0. The third-order valence-electron chi connectivity index (χ3n) is 4.14. The highest BCUT2D eigenvalue weighted by Crippen LogP contribution is 2.27. The van der Waals surface area contributed by atoms with E-state index in [0.717, 1.165) is 38.8 Å². The third kappa shape index (κ3) is 4.28. The standard InChI is InChI=1S/C13H22F2N2O.ClH/c1-2-10-4-3-6-17(7-5-10)12(18)11-8-13(14,15)9-16-11;/h10-11,16H,2-9H2,1H3;1H. The number of likely N-dealkylation sites (tertiary alicyclic amines) is 1. The van der Waals surface area contributed by atoms with Crippen molar-refractivity contribution >= 4 is 18.3 Å². The Morgan fingerprint density at radius 3 is 2.68 bits per heavy atom. The molecule has 2 fully saturated rings. The van der Waals surface area contributed by atoms with Gasteiger partial charge in [0.05, 0.1) is 12.6 Å². The Morgan fingerprint density at radius 1 is 1.37 bits per heavy atom. The van der Waals surface area contributed by atoms with Gasteiger partial charge in [0.2, 0.25) is 5.91 Å². The summed E-state index contributed by atoms with van der Waals surface area (Å²) in [5, 5.41) is 2.65. The molecule has 0 aromatic heterocycles. The van der Waals surface area contributed by atoms with Gasteiger partial charge in [-0.05, 0) is 25.2 Å². The molecular weight excluding hydrogens is 274 g/mol. The number of carbonyl (C=O) groups is 1. The van der Waals surface area contributed by atoms with E-state index in [1.165, 1.54) is 0 Å². The molecule has 0 radical (unpaired) electrons. The summed E-state index contributed by atoms with van der Waals surface area (Å²) in [4.78, 5) is 13.9. The maximum absolute atomic E-state index is 13.1. The molecule has 19 heavy (non-hydrogen) atoms. The van der Waals surface area contributed by atoms with Crippen LogP contribution in [-0.2, 0) is 4.79 Å². The SMILES string of the molecule is CCC1CCCN(C(=O)C2CC(F)(F)CN2)CC1.Cl. The van der Waals surface area contributed by atoms with E-state index < -0.39 is 12.0 Å². The minimum Gasteiger partial charge on any atom is -0.341 e. The summed E-state index contributed by atoms with van der Waals surface area (Å²) in [5.41, 5.74) is 0. The predicted molar refractivity (Wildman–Crippen MR) is 72.8 cm³/mol. The molecule has 2 atom stereocenters. The van der Waals surface area contributed by atoms with Crippen molar-refractivity contribution in [3.63, 3.8) is 0 Å². The lowest BCUT2D eigenvalue weighted by Crippen LogP contribution is -2.44. The van der Waals surface area contributed by atoms with Crippen LogP contribution in [0.15, 0.2) is 0 Å². The number of nitrogens with one attached hydrogen (secondary N) is 1. The number of rotatable bonds is 2. The van der Waals surface area contributed by atoms with Gasteiger partial charge in [-0.15, -0.1) is 12.4 Å². The topological polar surface area (TPSA) is 32.3 Å². The smallest absolute Gasteiger partial charge is 0.262 e. The summed E-state index contributed by atoms with van der Waals surface area (Å²) in [6, 6.07) is -0.682. The first-order valence-electron chi connectivity index (χ1n) is 6.92. The van der Waals surface area contributed by atoms with Crippen molar-refractivity contribution in [2.75, 3.05) is 19.6 Å². The molecule has 0 aliphatic carbocycles. The number of halogens is 3. The maximum atomic E-state index is 13.1. The highest BCUT2D eigenvalue weighted by atomic mass is 35.5. The molecule has 3 nitrogen and oxygen atoms in total. The Hall–Kier alpha value is -0.420. The first kappa shape index (κ1) is 16.6. The van der Waals surface area contributed by atoms with Crippen LogP contribution in [0, 0.1) is 5.92 Å². The van der Waals surface area contributed by atoms with E-state index in [2.05, 4.69) is 12.2 Å². The van der Waals surface area contributed by atoms with Crippen molar-refractivity contribution in [1.82, 2.24) is 10.2 Å². The van der Waals surface area contributed by atoms with E-state index in [1.54, 1.807) is 4.90 Å². The Bertz CT molecular complexity index is 315. The van der Waals surface area contributed by atoms with Gasteiger partial charge in [-0.2, -0.15) is 0 Å². The molecule has 6 heteroatoms. The molecule has 2 heterocycles. The van der Waals surface area contributed by atoms with Crippen molar-refractivity contribution in [1.29, 1.82) is 0 Å². The minimum absolute atomic E-state index is 0. The van der Waals surface area contributed by atoms with Gasteiger partial charge in [-0.3, -0.25) is 10.1 Å². The van der Waals surface area contributed by atoms with Gasteiger partial charge in [0, 0.05) is 19.5 Å². The third-order valence-corrected chi connectivity index (χ3v) is 4.14.